The van der Waals surface area contributed by atoms with E-state index in [1.165, 1.54) is 0 Å². The lowest BCUT2D eigenvalue weighted by Gasteiger charge is -2.20. The number of hydrogen-bond donors (Lipinski definition) is 1. The van der Waals surface area contributed by atoms with E-state index in [9.17, 15) is 9.59 Å². The van der Waals surface area contributed by atoms with E-state index >= 15 is 0 Å². The molecule has 94 valence electrons. The number of aromatic nitrogens is 1. The molecule has 1 aromatic carbocycles. The fourth-order valence-corrected chi connectivity index (χ4v) is 1.91. The van der Waals surface area contributed by atoms with Crippen LogP contribution >= 0.6 is 0 Å². The Kier molecular flexibility index (Phi) is 2.95. The van der Waals surface area contributed by atoms with Crippen LogP contribution < -0.4 is 0 Å². The van der Waals surface area contributed by atoms with Crippen molar-refractivity contribution in [1.29, 1.82) is 0 Å². The standard InChI is InChI=1S/C14H15NO3/c1-14(2,13(17)18)9-15-6-5-11-4-3-10(8-16)7-12(11)15/h3-8H,9H2,1-2H3,(H,17,18). The minimum atomic E-state index is -0.844. The molecule has 0 aliphatic heterocycles. The number of carbonyl (C=O) groups is 2. The van der Waals surface area contributed by atoms with Crippen LogP contribution in [0, 0.1) is 5.41 Å². The Morgan fingerprint density at radius 2 is 2.11 bits per heavy atom. The van der Waals surface area contributed by atoms with Crippen LogP contribution in [-0.2, 0) is 11.3 Å². The van der Waals surface area contributed by atoms with Crippen molar-refractivity contribution in [2.75, 3.05) is 0 Å². The Bertz CT molecular complexity index is 611. The number of aliphatic carboxylic acids is 1. The van der Waals surface area contributed by atoms with Gasteiger partial charge in [-0.15, -0.1) is 0 Å². The highest BCUT2D eigenvalue weighted by Crippen LogP contribution is 2.23. The summed E-state index contributed by atoms with van der Waals surface area (Å²) in [4.78, 5) is 21.9. The molecular formula is C14H15NO3. The maximum Gasteiger partial charge on any atom is 0.310 e. The summed E-state index contributed by atoms with van der Waals surface area (Å²) in [5.41, 5.74) is 0.632. The van der Waals surface area contributed by atoms with E-state index in [0.29, 0.717) is 12.1 Å². The zero-order valence-corrected chi connectivity index (χ0v) is 10.4. The van der Waals surface area contributed by atoms with Gasteiger partial charge in [-0.2, -0.15) is 0 Å². The summed E-state index contributed by atoms with van der Waals surface area (Å²) >= 11 is 0. The van der Waals surface area contributed by atoms with Gasteiger partial charge < -0.3 is 9.67 Å². The zero-order valence-electron chi connectivity index (χ0n) is 10.4. The number of carboxylic acids is 1. The lowest BCUT2D eigenvalue weighted by atomic mass is 9.94. The van der Waals surface area contributed by atoms with Gasteiger partial charge >= 0.3 is 5.97 Å². The molecule has 0 saturated heterocycles. The van der Waals surface area contributed by atoms with Crippen LogP contribution in [0.2, 0.25) is 0 Å². The van der Waals surface area contributed by atoms with Gasteiger partial charge in [0.25, 0.3) is 0 Å². The van der Waals surface area contributed by atoms with Crippen LogP contribution in [0.1, 0.15) is 24.2 Å². The minimum Gasteiger partial charge on any atom is -0.481 e. The summed E-state index contributed by atoms with van der Waals surface area (Å²) in [7, 11) is 0. The summed E-state index contributed by atoms with van der Waals surface area (Å²) in [6.45, 7) is 3.74. The number of nitrogens with zero attached hydrogens (tertiary/aromatic N) is 1. The van der Waals surface area contributed by atoms with Gasteiger partial charge in [0.15, 0.2) is 0 Å². The third kappa shape index (κ3) is 2.14. The molecule has 2 rings (SSSR count). The van der Waals surface area contributed by atoms with Crippen LogP contribution in [0.25, 0.3) is 10.9 Å². The molecule has 1 aromatic heterocycles. The van der Waals surface area contributed by atoms with Gasteiger partial charge in [-0.3, -0.25) is 9.59 Å². The second-order valence-electron chi connectivity index (χ2n) is 5.07. The van der Waals surface area contributed by atoms with Gasteiger partial charge in [0.1, 0.15) is 6.29 Å². The first kappa shape index (κ1) is 12.4. The van der Waals surface area contributed by atoms with Crippen molar-refractivity contribution in [2.45, 2.75) is 20.4 Å². The van der Waals surface area contributed by atoms with Gasteiger partial charge in [0, 0.05) is 23.8 Å². The number of benzene rings is 1. The molecule has 1 N–H and O–H groups in total. The fraction of sp³-hybridized carbons (Fsp3) is 0.286. The molecule has 0 unspecified atom stereocenters. The highest BCUT2D eigenvalue weighted by Gasteiger charge is 2.27. The first-order valence-electron chi connectivity index (χ1n) is 5.71. The Hall–Kier alpha value is -2.10. The van der Waals surface area contributed by atoms with Gasteiger partial charge in [-0.05, 0) is 31.4 Å². The van der Waals surface area contributed by atoms with Crippen molar-refractivity contribution in [3.63, 3.8) is 0 Å². The molecule has 4 heteroatoms. The Morgan fingerprint density at radius 1 is 1.39 bits per heavy atom. The summed E-state index contributed by atoms with van der Waals surface area (Å²) in [6.07, 6.45) is 2.64. The zero-order chi connectivity index (χ0) is 13.3. The fourth-order valence-electron chi connectivity index (χ4n) is 1.91. The predicted octanol–water partition coefficient (Wildman–Crippen LogP) is 2.56. The van der Waals surface area contributed by atoms with Crippen molar-refractivity contribution in [3.05, 3.63) is 36.0 Å². The number of carbonyl (C=O) groups excluding carboxylic acids is 1. The van der Waals surface area contributed by atoms with Crippen molar-refractivity contribution >= 4 is 23.2 Å². The molecule has 2 aromatic rings. The average molecular weight is 245 g/mol. The molecule has 0 radical (unpaired) electrons. The molecule has 0 fully saturated rings. The smallest absolute Gasteiger partial charge is 0.310 e. The minimum absolute atomic E-state index is 0.369. The van der Waals surface area contributed by atoms with Gasteiger partial charge in [0.2, 0.25) is 0 Å². The lowest BCUT2D eigenvalue weighted by molar-refractivity contribution is -0.147. The van der Waals surface area contributed by atoms with E-state index in [2.05, 4.69) is 0 Å². The quantitative estimate of drug-likeness (QED) is 0.842. The molecule has 0 bridgehead atoms. The van der Waals surface area contributed by atoms with Crippen molar-refractivity contribution in [1.82, 2.24) is 4.57 Å². The van der Waals surface area contributed by atoms with Crippen molar-refractivity contribution in [3.8, 4) is 0 Å². The molecule has 0 aliphatic carbocycles. The number of rotatable bonds is 4. The number of fused-ring (bicyclic) bond motifs is 1. The summed E-state index contributed by atoms with van der Waals surface area (Å²) < 4.78 is 1.87. The first-order valence-corrected chi connectivity index (χ1v) is 5.71. The summed E-state index contributed by atoms with van der Waals surface area (Å²) in [6, 6.07) is 7.31. The van der Waals surface area contributed by atoms with Crippen LogP contribution in [0.4, 0.5) is 0 Å². The van der Waals surface area contributed by atoms with E-state index in [4.69, 9.17) is 5.11 Å². The maximum absolute atomic E-state index is 11.1. The molecule has 1 heterocycles. The molecule has 0 atom stereocenters. The number of carboxylic acid groups (broad SMARTS) is 1. The van der Waals surface area contributed by atoms with E-state index in [1.54, 1.807) is 26.0 Å². The second-order valence-corrected chi connectivity index (χ2v) is 5.07. The monoisotopic (exact) mass is 245 g/mol. The van der Waals surface area contributed by atoms with Crippen LogP contribution in [0.15, 0.2) is 30.5 Å². The van der Waals surface area contributed by atoms with Gasteiger partial charge in [-0.1, -0.05) is 12.1 Å². The third-order valence-corrected chi connectivity index (χ3v) is 3.08. The Morgan fingerprint density at radius 3 is 2.72 bits per heavy atom. The van der Waals surface area contributed by atoms with Crippen LogP contribution in [-0.4, -0.2) is 21.9 Å². The highest BCUT2D eigenvalue weighted by atomic mass is 16.4. The van der Waals surface area contributed by atoms with E-state index in [0.717, 1.165) is 17.2 Å². The molecule has 0 spiro atoms. The largest absolute Gasteiger partial charge is 0.481 e. The van der Waals surface area contributed by atoms with Crippen molar-refractivity contribution < 1.29 is 14.7 Å². The van der Waals surface area contributed by atoms with Crippen LogP contribution in [0.3, 0.4) is 0 Å². The molecule has 4 nitrogen and oxygen atoms in total. The SMILES string of the molecule is CC(C)(Cn1ccc2ccc(C=O)cc21)C(=O)O. The third-order valence-electron chi connectivity index (χ3n) is 3.08. The molecule has 0 amide bonds. The molecular weight excluding hydrogens is 230 g/mol. The van der Waals surface area contributed by atoms with Gasteiger partial charge in [0.05, 0.1) is 5.41 Å². The maximum atomic E-state index is 11.1. The van der Waals surface area contributed by atoms with Gasteiger partial charge in [-0.25, -0.2) is 0 Å². The van der Waals surface area contributed by atoms with Crippen LogP contribution in [0.5, 0.6) is 0 Å². The Labute approximate surface area is 105 Å². The van der Waals surface area contributed by atoms with E-state index < -0.39 is 11.4 Å². The Balaban J connectivity index is 2.45. The number of hydrogen-bond acceptors (Lipinski definition) is 2. The summed E-state index contributed by atoms with van der Waals surface area (Å²) in [5.74, 6) is -0.837. The first-order chi connectivity index (χ1) is 8.44. The molecule has 18 heavy (non-hydrogen) atoms. The number of aldehydes is 1. The average Bonchev–Trinajstić information content (AvgIpc) is 2.71. The highest BCUT2D eigenvalue weighted by molar-refractivity contribution is 5.87. The molecule has 0 saturated carbocycles. The predicted molar refractivity (Wildman–Crippen MR) is 68.7 cm³/mol. The lowest BCUT2D eigenvalue weighted by Crippen LogP contribution is -2.28. The summed E-state index contributed by atoms with van der Waals surface area (Å²) in [5, 5.41) is 10.1. The van der Waals surface area contributed by atoms with E-state index in [-0.39, 0.29) is 0 Å². The second kappa shape index (κ2) is 4.29. The molecule has 0 aliphatic rings. The normalized spacial score (nSPS) is 11.7. The van der Waals surface area contributed by atoms with Crippen molar-refractivity contribution in [2.24, 2.45) is 5.41 Å². The van der Waals surface area contributed by atoms with E-state index in [1.807, 2.05) is 22.9 Å². The topological polar surface area (TPSA) is 59.3 Å².